The van der Waals surface area contributed by atoms with Gasteiger partial charge in [-0.2, -0.15) is 0 Å². The van der Waals surface area contributed by atoms with E-state index < -0.39 is 0 Å². The molecular formula is C19H34N6. The smallest absolute Gasteiger partial charge is 0.207 e. The highest BCUT2D eigenvalue weighted by molar-refractivity contribution is 5.80. The van der Waals surface area contributed by atoms with Crippen LogP contribution in [0.4, 0.5) is 5.82 Å². The molecule has 0 spiro atoms. The summed E-state index contributed by atoms with van der Waals surface area (Å²) < 4.78 is 1.99. The van der Waals surface area contributed by atoms with Crippen LogP contribution in [0.15, 0.2) is 6.33 Å². The molecule has 2 heterocycles. The molecule has 6 heteroatoms. The lowest BCUT2D eigenvalue weighted by Gasteiger charge is -2.18. The second-order valence-electron chi connectivity index (χ2n) is 7.02. The average Bonchev–Trinajstić information content (AvgIpc) is 3.05. The van der Waals surface area contributed by atoms with E-state index in [4.69, 9.17) is 5.73 Å². The lowest BCUT2D eigenvalue weighted by molar-refractivity contribution is 0.369. The van der Waals surface area contributed by atoms with Gasteiger partial charge in [0.1, 0.15) is 6.33 Å². The molecular weight excluding hydrogens is 312 g/mol. The standard InChI is InChI=1S/C19H34N6/c1-3-5-7-9-11-13-16(14-12-10-8-6-4-2)25-17-18(20)21-15-22-19(17)23-24-25/h15-16H,3-14H2,1-2H3,(H2,20,21,22). The number of hydrogen-bond donors (Lipinski definition) is 1. The first-order chi connectivity index (χ1) is 12.3. The summed E-state index contributed by atoms with van der Waals surface area (Å²) in [5.74, 6) is 0.483. The van der Waals surface area contributed by atoms with Gasteiger partial charge in [0.05, 0.1) is 6.04 Å². The maximum Gasteiger partial charge on any atom is 0.207 e. The van der Waals surface area contributed by atoms with Crippen LogP contribution in [0.25, 0.3) is 11.2 Å². The van der Waals surface area contributed by atoms with E-state index >= 15 is 0 Å². The predicted molar refractivity (Wildman–Crippen MR) is 103 cm³/mol. The normalized spacial score (nSPS) is 11.6. The lowest BCUT2D eigenvalue weighted by Crippen LogP contribution is -2.12. The molecule has 0 aromatic carbocycles. The Morgan fingerprint density at radius 1 is 0.880 bits per heavy atom. The Balaban J connectivity index is 2.01. The fourth-order valence-electron chi connectivity index (χ4n) is 3.42. The molecule has 0 amide bonds. The molecule has 0 atom stereocenters. The third-order valence-electron chi connectivity index (χ3n) is 4.92. The van der Waals surface area contributed by atoms with Crippen molar-refractivity contribution in [3.63, 3.8) is 0 Å². The molecule has 0 aliphatic heterocycles. The van der Waals surface area contributed by atoms with E-state index in [1.165, 1.54) is 70.5 Å². The number of anilines is 1. The second-order valence-corrected chi connectivity index (χ2v) is 7.02. The zero-order valence-electron chi connectivity index (χ0n) is 16.0. The Bertz CT molecular complexity index is 595. The van der Waals surface area contributed by atoms with Gasteiger partial charge in [0.2, 0.25) is 5.65 Å². The van der Waals surface area contributed by atoms with Crippen LogP contribution < -0.4 is 5.73 Å². The van der Waals surface area contributed by atoms with Gasteiger partial charge in [0, 0.05) is 0 Å². The van der Waals surface area contributed by atoms with Crippen LogP contribution in [0.3, 0.4) is 0 Å². The van der Waals surface area contributed by atoms with Crippen LogP contribution in [-0.4, -0.2) is 25.0 Å². The number of nitrogens with two attached hydrogens (primary N) is 1. The van der Waals surface area contributed by atoms with E-state index in [0.29, 0.717) is 17.5 Å². The topological polar surface area (TPSA) is 82.5 Å². The van der Waals surface area contributed by atoms with Crippen molar-refractivity contribution in [2.24, 2.45) is 0 Å². The number of fused-ring (bicyclic) bond motifs is 1. The largest absolute Gasteiger partial charge is 0.382 e. The van der Waals surface area contributed by atoms with Crippen molar-refractivity contribution in [2.45, 2.75) is 96.9 Å². The molecule has 0 unspecified atom stereocenters. The van der Waals surface area contributed by atoms with E-state index in [0.717, 1.165) is 18.4 Å². The summed E-state index contributed by atoms with van der Waals surface area (Å²) >= 11 is 0. The molecule has 2 aromatic rings. The summed E-state index contributed by atoms with van der Waals surface area (Å²) in [6.45, 7) is 4.51. The first kappa shape index (κ1) is 19.6. The van der Waals surface area contributed by atoms with Crippen LogP contribution >= 0.6 is 0 Å². The summed E-state index contributed by atoms with van der Waals surface area (Å²) in [6.07, 6.45) is 16.6. The number of nitrogen functional groups attached to an aromatic ring is 1. The van der Waals surface area contributed by atoms with Crippen LogP contribution in [-0.2, 0) is 0 Å². The molecule has 140 valence electrons. The number of unbranched alkanes of at least 4 members (excludes halogenated alkanes) is 8. The van der Waals surface area contributed by atoms with Gasteiger partial charge >= 0.3 is 0 Å². The average molecular weight is 347 g/mol. The maximum absolute atomic E-state index is 6.08. The zero-order valence-corrected chi connectivity index (χ0v) is 16.0. The van der Waals surface area contributed by atoms with Gasteiger partial charge in [-0.3, -0.25) is 0 Å². The molecule has 6 nitrogen and oxygen atoms in total. The molecule has 25 heavy (non-hydrogen) atoms. The number of nitrogens with zero attached hydrogens (tertiary/aromatic N) is 5. The summed E-state index contributed by atoms with van der Waals surface area (Å²) in [7, 11) is 0. The van der Waals surface area contributed by atoms with Crippen molar-refractivity contribution in [1.82, 2.24) is 25.0 Å². The van der Waals surface area contributed by atoms with E-state index in [1.54, 1.807) is 0 Å². The number of hydrogen-bond acceptors (Lipinski definition) is 5. The SMILES string of the molecule is CCCCCCCC(CCCCCCC)n1nnc2ncnc(N)c21. The summed E-state index contributed by atoms with van der Waals surface area (Å²) in [5, 5.41) is 8.57. The van der Waals surface area contributed by atoms with Crippen molar-refractivity contribution < 1.29 is 0 Å². The highest BCUT2D eigenvalue weighted by Gasteiger charge is 2.18. The molecule has 2 aromatic heterocycles. The maximum atomic E-state index is 6.08. The van der Waals surface area contributed by atoms with Crippen LogP contribution in [0, 0.1) is 0 Å². The van der Waals surface area contributed by atoms with E-state index in [9.17, 15) is 0 Å². The molecule has 0 bridgehead atoms. The summed E-state index contributed by atoms with van der Waals surface area (Å²) in [5.41, 5.74) is 7.48. The van der Waals surface area contributed by atoms with Crippen LogP contribution in [0.1, 0.15) is 96.9 Å². The molecule has 0 fully saturated rings. The van der Waals surface area contributed by atoms with Crippen molar-refractivity contribution in [1.29, 1.82) is 0 Å². The Kier molecular flexibility index (Phi) is 8.63. The van der Waals surface area contributed by atoms with E-state index in [2.05, 4.69) is 34.1 Å². The van der Waals surface area contributed by atoms with Crippen molar-refractivity contribution in [2.75, 3.05) is 5.73 Å². The van der Waals surface area contributed by atoms with Gasteiger partial charge in [-0.1, -0.05) is 83.3 Å². The fraction of sp³-hybridized carbons (Fsp3) is 0.789. The Morgan fingerprint density at radius 3 is 2.08 bits per heavy atom. The van der Waals surface area contributed by atoms with Crippen LogP contribution in [0.2, 0.25) is 0 Å². The molecule has 0 radical (unpaired) electrons. The summed E-state index contributed by atoms with van der Waals surface area (Å²) in [4.78, 5) is 8.33. The van der Waals surface area contributed by atoms with Crippen LogP contribution in [0.5, 0.6) is 0 Å². The number of aromatic nitrogens is 5. The second kappa shape index (κ2) is 11.0. The third-order valence-corrected chi connectivity index (χ3v) is 4.92. The first-order valence-corrected chi connectivity index (χ1v) is 10.1. The Hall–Kier alpha value is -1.72. The molecule has 0 aliphatic carbocycles. The third kappa shape index (κ3) is 5.94. The van der Waals surface area contributed by atoms with Crippen molar-refractivity contribution in [3.05, 3.63) is 6.33 Å². The minimum atomic E-state index is 0.349. The Labute approximate surface area is 151 Å². The Morgan fingerprint density at radius 2 is 1.48 bits per heavy atom. The molecule has 0 aliphatic rings. The van der Waals surface area contributed by atoms with E-state index in [1.807, 2.05) is 4.68 Å². The first-order valence-electron chi connectivity index (χ1n) is 10.1. The van der Waals surface area contributed by atoms with Gasteiger partial charge < -0.3 is 5.73 Å². The monoisotopic (exact) mass is 346 g/mol. The quantitative estimate of drug-likeness (QED) is 0.512. The highest BCUT2D eigenvalue weighted by atomic mass is 15.5. The minimum absolute atomic E-state index is 0.349. The van der Waals surface area contributed by atoms with Gasteiger partial charge in [-0.15, -0.1) is 5.10 Å². The molecule has 0 saturated carbocycles. The van der Waals surface area contributed by atoms with Gasteiger partial charge in [0.25, 0.3) is 0 Å². The van der Waals surface area contributed by atoms with Gasteiger partial charge in [-0.25, -0.2) is 14.6 Å². The van der Waals surface area contributed by atoms with Crippen molar-refractivity contribution >= 4 is 17.0 Å². The highest BCUT2D eigenvalue weighted by Crippen LogP contribution is 2.27. The zero-order chi connectivity index (χ0) is 17.9. The molecule has 2 rings (SSSR count). The fourth-order valence-corrected chi connectivity index (χ4v) is 3.42. The van der Waals surface area contributed by atoms with Gasteiger partial charge in [-0.05, 0) is 12.8 Å². The lowest BCUT2D eigenvalue weighted by atomic mass is 10.0. The molecule has 2 N–H and O–H groups in total. The van der Waals surface area contributed by atoms with Gasteiger partial charge in [0.15, 0.2) is 11.3 Å². The van der Waals surface area contributed by atoms with E-state index in [-0.39, 0.29) is 0 Å². The predicted octanol–water partition coefficient (Wildman–Crippen LogP) is 5.07. The number of rotatable bonds is 13. The molecule has 0 saturated heterocycles. The van der Waals surface area contributed by atoms with Crippen molar-refractivity contribution in [3.8, 4) is 0 Å². The summed E-state index contributed by atoms with van der Waals surface area (Å²) in [6, 6.07) is 0.349. The minimum Gasteiger partial charge on any atom is -0.382 e.